The van der Waals surface area contributed by atoms with Crippen molar-refractivity contribution in [3.05, 3.63) is 12.1 Å². The summed E-state index contributed by atoms with van der Waals surface area (Å²) in [4.78, 5) is 21.6. The second kappa shape index (κ2) is 8.10. The molecule has 0 radical (unpaired) electrons. The molecule has 0 rings (SSSR count). The standard InChI is InChI=1S/C2H3Cl.H3O4P.H2O/c1-2-3;1-5(2,3)4;/h2H,1H2;(H3,1,2,3,4);1H2. The van der Waals surface area contributed by atoms with Gasteiger partial charge in [0.2, 0.25) is 0 Å². The van der Waals surface area contributed by atoms with E-state index in [1.54, 1.807) is 0 Å². The van der Waals surface area contributed by atoms with Gasteiger partial charge in [0, 0.05) is 0 Å². The second-order valence-corrected chi connectivity index (χ2v) is 2.00. The lowest BCUT2D eigenvalue weighted by atomic mass is 11.3. The van der Waals surface area contributed by atoms with Crippen LogP contribution in [0, 0.1) is 0 Å². The number of rotatable bonds is 0. The van der Waals surface area contributed by atoms with Crippen molar-refractivity contribution in [2.75, 3.05) is 0 Å². The minimum atomic E-state index is -4.64. The van der Waals surface area contributed by atoms with Gasteiger partial charge in [-0.1, -0.05) is 18.2 Å². The van der Waals surface area contributed by atoms with Crippen LogP contribution >= 0.6 is 19.4 Å². The van der Waals surface area contributed by atoms with Gasteiger partial charge in [-0.2, -0.15) is 0 Å². The van der Waals surface area contributed by atoms with E-state index >= 15 is 0 Å². The normalized spacial score (nSPS) is 8.00. The quantitative estimate of drug-likeness (QED) is 0.439. The number of phosphoric acid groups is 1. The van der Waals surface area contributed by atoms with E-state index in [-0.39, 0.29) is 5.48 Å². The average Bonchev–Trinajstić information content (AvgIpc) is 1.27. The lowest BCUT2D eigenvalue weighted by Gasteiger charge is -1.82. The van der Waals surface area contributed by atoms with Gasteiger partial charge in [0.15, 0.2) is 0 Å². The van der Waals surface area contributed by atoms with E-state index in [1.807, 2.05) is 0 Å². The van der Waals surface area contributed by atoms with Gasteiger partial charge in [-0.25, -0.2) is 4.57 Å². The Kier molecular flexibility index (Phi) is 14.4. The molecular weight excluding hydrogens is 170 g/mol. The van der Waals surface area contributed by atoms with Crippen LogP contribution in [0.4, 0.5) is 0 Å². The summed E-state index contributed by atoms with van der Waals surface area (Å²) < 4.78 is 8.88. The van der Waals surface area contributed by atoms with E-state index in [0.717, 1.165) is 0 Å². The molecule has 7 heteroatoms. The van der Waals surface area contributed by atoms with Crippen molar-refractivity contribution >= 4 is 19.4 Å². The summed E-state index contributed by atoms with van der Waals surface area (Å²) in [6.07, 6.45) is 0. The fraction of sp³-hybridized carbons (Fsp3) is 0. The first kappa shape index (κ1) is 16.0. The summed E-state index contributed by atoms with van der Waals surface area (Å²) in [5, 5.41) is 0. The van der Waals surface area contributed by atoms with Gasteiger partial charge in [-0.15, -0.1) is 0 Å². The Hall–Kier alpha value is 0.1000. The highest BCUT2D eigenvalue weighted by atomic mass is 35.5. The monoisotopic (exact) mass is 178 g/mol. The van der Waals surface area contributed by atoms with Crippen LogP contribution in [0.3, 0.4) is 0 Å². The van der Waals surface area contributed by atoms with Crippen molar-refractivity contribution in [3.63, 3.8) is 0 Å². The molecule has 0 saturated heterocycles. The summed E-state index contributed by atoms with van der Waals surface area (Å²) in [5.41, 5.74) is 1.22. The largest absolute Gasteiger partial charge is 0.466 e. The molecule has 0 saturated carbocycles. The molecule has 0 fully saturated rings. The molecule has 0 amide bonds. The van der Waals surface area contributed by atoms with Crippen LogP contribution in [0.2, 0.25) is 0 Å². The van der Waals surface area contributed by atoms with Gasteiger partial charge in [0.1, 0.15) is 0 Å². The first-order chi connectivity index (χ1) is 3.41. The summed E-state index contributed by atoms with van der Waals surface area (Å²) in [6, 6.07) is 0. The van der Waals surface area contributed by atoms with E-state index in [4.69, 9.17) is 30.8 Å². The second-order valence-electron chi connectivity index (χ2n) is 0.668. The maximum absolute atomic E-state index is 8.88. The van der Waals surface area contributed by atoms with Crippen LogP contribution < -0.4 is 0 Å². The molecule has 5 N–H and O–H groups in total. The molecule has 5 nitrogen and oxygen atoms in total. The molecule has 58 valence electrons. The predicted molar refractivity (Wildman–Crippen MR) is 33.9 cm³/mol. The Morgan fingerprint density at radius 3 is 1.44 bits per heavy atom. The maximum atomic E-state index is 8.88. The SMILES string of the molecule is C=CCl.O.O=P(O)(O)O. The Balaban J connectivity index is -0.0000000800. The van der Waals surface area contributed by atoms with Crippen molar-refractivity contribution in [2.45, 2.75) is 0 Å². The minimum Gasteiger partial charge on any atom is -0.412 e. The molecule has 0 aromatic rings. The number of halogens is 1. The third-order valence-electron chi connectivity index (χ3n) is 0. The topological polar surface area (TPSA) is 109 Å². The molecule has 0 aromatic carbocycles. The van der Waals surface area contributed by atoms with Crippen molar-refractivity contribution in [1.29, 1.82) is 0 Å². The molecule has 0 aliphatic heterocycles. The van der Waals surface area contributed by atoms with E-state index in [9.17, 15) is 0 Å². The molecule has 0 bridgehead atoms. The Morgan fingerprint density at radius 2 is 1.44 bits per heavy atom. The summed E-state index contributed by atoms with van der Waals surface area (Å²) in [7, 11) is -4.64. The van der Waals surface area contributed by atoms with E-state index in [0.29, 0.717) is 0 Å². The van der Waals surface area contributed by atoms with Crippen LogP contribution in [0.25, 0.3) is 0 Å². The van der Waals surface area contributed by atoms with Gasteiger partial charge in [-0.05, 0) is 5.54 Å². The van der Waals surface area contributed by atoms with E-state index in [1.165, 1.54) is 5.54 Å². The van der Waals surface area contributed by atoms with Gasteiger partial charge < -0.3 is 20.2 Å². The van der Waals surface area contributed by atoms with Crippen molar-refractivity contribution in [2.24, 2.45) is 0 Å². The summed E-state index contributed by atoms with van der Waals surface area (Å²) in [5.74, 6) is 0. The first-order valence-corrected chi connectivity index (χ1v) is 3.41. The third kappa shape index (κ3) is 30100. The van der Waals surface area contributed by atoms with Crippen LogP contribution in [0.1, 0.15) is 0 Å². The molecular formula is C2H8ClO5P. The molecule has 0 aromatic heterocycles. The van der Waals surface area contributed by atoms with Crippen molar-refractivity contribution in [1.82, 2.24) is 0 Å². The predicted octanol–water partition coefficient (Wildman–Crippen LogP) is -0.385. The fourth-order valence-corrected chi connectivity index (χ4v) is 0. The Bertz CT molecular complexity index is 88.9. The fourth-order valence-electron chi connectivity index (χ4n) is 0. The van der Waals surface area contributed by atoms with Crippen LogP contribution in [0.15, 0.2) is 12.1 Å². The lowest BCUT2D eigenvalue weighted by molar-refractivity contribution is 0.275. The number of hydrogen-bond donors (Lipinski definition) is 3. The lowest BCUT2D eigenvalue weighted by Crippen LogP contribution is -1.66. The highest BCUT2D eigenvalue weighted by Gasteiger charge is 2.00. The molecule has 0 spiro atoms. The molecule has 0 aliphatic rings. The zero-order valence-corrected chi connectivity index (χ0v) is 6.01. The maximum Gasteiger partial charge on any atom is 0.466 e. The highest BCUT2D eigenvalue weighted by Crippen LogP contribution is 2.25. The van der Waals surface area contributed by atoms with Crippen molar-refractivity contribution in [3.8, 4) is 0 Å². The molecule has 9 heavy (non-hydrogen) atoms. The van der Waals surface area contributed by atoms with Crippen LogP contribution in [-0.4, -0.2) is 20.2 Å². The Morgan fingerprint density at radius 1 is 1.44 bits per heavy atom. The van der Waals surface area contributed by atoms with Crippen LogP contribution in [0.5, 0.6) is 0 Å². The highest BCUT2D eigenvalue weighted by molar-refractivity contribution is 7.45. The summed E-state index contributed by atoms with van der Waals surface area (Å²) in [6.45, 7) is 3.13. The zero-order valence-electron chi connectivity index (χ0n) is 4.36. The minimum absolute atomic E-state index is 0. The summed E-state index contributed by atoms with van der Waals surface area (Å²) >= 11 is 4.76. The zero-order chi connectivity index (χ0) is 7.21. The van der Waals surface area contributed by atoms with Crippen molar-refractivity contribution < 1.29 is 24.7 Å². The number of hydrogen-bond acceptors (Lipinski definition) is 1. The average molecular weight is 179 g/mol. The van der Waals surface area contributed by atoms with E-state index < -0.39 is 7.82 Å². The molecule has 0 heterocycles. The molecule has 0 unspecified atom stereocenters. The van der Waals surface area contributed by atoms with Gasteiger partial charge >= 0.3 is 7.82 Å². The molecule has 0 aliphatic carbocycles. The van der Waals surface area contributed by atoms with E-state index in [2.05, 4.69) is 6.58 Å². The van der Waals surface area contributed by atoms with Gasteiger partial charge in [-0.3, -0.25) is 0 Å². The Labute approximate surface area is 57.1 Å². The smallest absolute Gasteiger partial charge is 0.412 e. The molecule has 0 atom stereocenters. The first-order valence-electron chi connectivity index (χ1n) is 1.41. The third-order valence-corrected chi connectivity index (χ3v) is 0. The van der Waals surface area contributed by atoms with Crippen LogP contribution in [-0.2, 0) is 4.57 Å². The van der Waals surface area contributed by atoms with Gasteiger partial charge in [0.05, 0.1) is 0 Å². The van der Waals surface area contributed by atoms with Gasteiger partial charge in [0.25, 0.3) is 0 Å².